The molecule has 2 aromatic heterocycles. The van der Waals surface area contributed by atoms with Crippen LogP contribution in [-0.2, 0) is 24.3 Å². The molecule has 1 aromatic carbocycles. The number of hydrogen-bond acceptors (Lipinski definition) is 5. The summed E-state index contributed by atoms with van der Waals surface area (Å²) < 4.78 is 3.23. The summed E-state index contributed by atoms with van der Waals surface area (Å²) >= 11 is 0. The standard InChI is InChI=1S/C17H18N6O2/c1-11-20-21-15-7-6-13(9-22(11)15)19-16(24)10-23-17(25)14-5-3-2-4-12(14)8-18-23/h2-5,8,13H,6-7,9-10H2,1H3,(H,19,24)/t13-/m1/s1. The van der Waals surface area contributed by atoms with Crippen LogP contribution in [0.3, 0.4) is 0 Å². The van der Waals surface area contributed by atoms with Crippen LogP contribution in [0.15, 0.2) is 35.3 Å². The van der Waals surface area contributed by atoms with Gasteiger partial charge in [0.15, 0.2) is 0 Å². The summed E-state index contributed by atoms with van der Waals surface area (Å²) in [5.41, 5.74) is -0.256. The SMILES string of the molecule is Cc1nnc2n1C[C@H](NC(=O)Cn1ncc3ccccc3c1=O)CC2. The van der Waals surface area contributed by atoms with Crippen molar-refractivity contribution in [3.05, 3.63) is 52.5 Å². The number of carbonyl (C=O) groups is 1. The van der Waals surface area contributed by atoms with Gasteiger partial charge in [0, 0.05) is 24.4 Å². The summed E-state index contributed by atoms with van der Waals surface area (Å²) in [5.74, 6) is 1.58. The minimum Gasteiger partial charge on any atom is -0.350 e. The second-order valence-electron chi connectivity index (χ2n) is 6.27. The Bertz CT molecular complexity index is 1010. The molecule has 0 saturated heterocycles. The number of aryl methyl sites for hydroxylation is 2. The lowest BCUT2D eigenvalue weighted by Gasteiger charge is -2.24. The molecule has 1 N–H and O–H groups in total. The molecule has 0 bridgehead atoms. The third kappa shape index (κ3) is 2.90. The molecule has 4 rings (SSSR count). The molecule has 8 nitrogen and oxygen atoms in total. The molecule has 128 valence electrons. The number of benzene rings is 1. The Morgan fingerprint density at radius 2 is 2.16 bits per heavy atom. The third-order valence-electron chi connectivity index (χ3n) is 4.55. The molecule has 1 amide bonds. The molecule has 3 heterocycles. The number of fused-ring (bicyclic) bond motifs is 2. The Kier molecular flexibility index (Phi) is 3.79. The Labute approximate surface area is 143 Å². The van der Waals surface area contributed by atoms with Crippen LogP contribution in [-0.4, -0.2) is 36.5 Å². The molecule has 1 atom stereocenters. The largest absolute Gasteiger partial charge is 0.350 e. The number of carbonyl (C=O) groups excluding carboxylic acids is 1. The zero-order chi connectivity index (χ0) is 17.4. The minimum absolute atomic E-state index is 0.00542. The van der Waals surface area contributed by atoms with E-state index in [0.29, 0.717) is 11.9 Å². The lowest BCUT2D eigenvalue weighted by atomic mass is 10.1. The molecule has 25 heavy (non-hydrogen) atoms. The summed E-state index contributed by atoms with van der Waals surface area (Å²) in [5, 5.41) is 16.6. The van der Waals surface area contributed by atoms with Gasteiger partial charge in [-0.15, -0.1) is 10.2 Å². The molecular weight excluding hydrogens is 320 g/mol. The summed E-state index contributed by atoms with van der Waals surface area (Å²) in [6.45, 7) is 2.47. The zero-order valence-electron chi connectivity index (χ0n) is 13.8. The van der Waals surface area contributed by atoms with Crippen molar-refractivity contribution in [1.29, 1.82) is 0 Å². The molecule has 0 radical (unpaired) electrons. The van der Waals surface area contributed by atoms with Crippen molar-refractivity contribution in [3.63, 3.8) is 0 Å². The summed E-state index contributed by atoms with van der Waals surface area (Å²) in [7, 11) is 0. The minimum atomic E-state index is -0.256. The maximum absolute atomic E-state index is 12.4. The number of rotatable bonds is 3. The fourth-order valence-corrected chi connectivity index (χ4v) is 3.23. The normalized spacial score (nSPS) is 16.6. The van der Waals surface area contributed by atoms with Crippen molar-refractivity contribution in [3.8, 4) is 0 Å². The van der Waals surface area contributed by atoms with Crippen molar-refractivity contribution in [2.75, 3.05) is 0 Å². The van der Waals surface area contributed by atoms with Gasteiger partial charge in [-0.1, -0.05) is 18.2 Å². The van der Waals surface area contributed by atoms with Crippen LogP contribution in [0.1, 0.15) is 18.1 Å². The van der Waals surface area contributed by atoms with Gasteiger partial charge in [-0.05, 0) is 19.4 Å². The summed E-state index contributed by atoms with van der Waals surface area (Å²) in [6.07, 6.45) is 3.20. The first kappa shape index (κ1) is 15.5. The first-order chi connectivity index (χ1) is 12.1. The molecule has 3 aromatic rings. The molecule has 8 heteroatoms. The molecular formula is C17H18N6O2. The van der Waals surface area contributed by atoms with E-state index in [1.165, 1.54) is 4.68 Å². The predicted octanol–water partition coefficient (Wildman–Crippen LogP) is 0.428. The molecule has 1 aliphatic rings. The number of hydrogen-bond donors (Lipinski definition) is 1. The van der Waals surface area contributed by atoms with Gasteiger partial charge in [-0.3, -0.25) is 9.59 Å². The van der Waals surface area contributed by atoms with E-state index in [-0.39, 0.29) is 24.1 Å². The average Bonchev–Trinajstić information content (AvgIpc) is 2.98. The van der Waals surface area contributed by atoms with Crippen LogP contribution >= 0.6 is 0 Å². The average molecular weight is 338 g/mol. The Hall–Kier alpha value is -3.03. The number of nitrogens with one attached hydrogen (secondary N) is 1. The highest BCUT2D eigenvalue weighted by Crippen LogP contribution is 2.14. The van der Waals surface area contributed by atoms with Crippen molar-refractivity contribution in [2.45, 2.75) is 38.9 Å². The van der Waals surface area contributed by atoms with Crippen LogP contribution in [0.5, 0.6) is 0 Å². The molecule has 0 unspecified atom stereocenters. The van der Waals surface area contributed by atoms with E-state index in [2.05, 4.69) is 20.6 Å². The molecule has 1 aliphatic heterocycles. The highest BCUT2D eigenvalue weighted by molar-refractivity contribution is 5.81. The second-order valence-corrected chi connectivity index (χ2v) is 6.27. The predicted molar refractivity (Wildman–Crippen MR) is 91.0 cm³/mol. The number of amides is 1. The Balaban J connectivity index is 1.47. The van der Waals surface area contributed by atoms with Gasteiger partial charge in [0.1, 0.15) is 18.2 Å². The van der Waals surface area contributed by atoms with E-state index >= 15 is 0 Å². The first-order valence-corrected chi connectivity index (χ1v) is 8.25. The topological polar surface area (TPSA) is 94.7 Å². The van der Waals surface area contributed by atoms with Crippen molar-refractivity contribution >= 4 is 16.7 Å². The monoisotopic (exact) mass is 338 g/mol. The second kappa shape index (κ2) is 6.12. The summed E-state index contributed by atoms with van der Waals surface area (Å²) in [4.78, 5) is 24.8. The number of aromatic nitrogens is 5. The van der Waals surface area contributed by atoms with E-state index in [4.69, 9.17) is 0 Å². The first-order valence-electron chi connectivity index (χ1n) is 8.25. The zero-order valence-corrected chi connectivity index (χ0v) is 13.8. The van der Waals surface area contributed by atoms with Gasteiger partial charge in [0.2, 0.25) is 5.91 Å². The fraction of sp³-hybridized carbons (Fsp3) is 0.353. The lowest BCUT2D eigenvalue weighted by Crippen LogP contribution is -2.43. The van der Waals surface area contributed by atoms with Crippen LogP contribution in [0.2, 0.25) is 0 Å². The highest BCUT2D eigenvalue weighted by Gasteiger charge is 2.23. The van der Waals surface area contributed by atoms with Crippen molar-refractivity contribution in [2.24, 2.45) is 0 Å². The maximum Gasteiger partial charge on any atom is 0.275 e. The van der Waals surface area contributed by atoms with Gasteiger partial charge >= 0.3 is 0 Å². The van der Waals surface area contributed by atoms with Gasteiger partial charge in [-0.2, -0.15) is 5.10 Å². The van der Waals surface area contributed by atoms with E-state index in [1.807, 2.05) is 23.6 Å². The Morgan fingerprint density at radius 3 is 3.04 bits per heavy atom. The molecule has 0 fully saturated rings. The van der Waals surface area contributed by atoms with Crippen molar-refractivity contribution < 1.29 is 4.79 Å². The van der Waals surface area contributed by atoms with E-state index in [0.717, 1.165) is 29.9 Å². The van der Waals surface area contributed by atoms with Crippen LogP contribution in [0.25, 0.3) is 10.8 Å². The smallest absolute Gasteiger partial charge is 0.275 e. The lowest BCUT2D eigenvalue weighted by molar-refractivity contribution is -0.122. The van der Waals surface area contributed by atoms with E-state index in [1.54, 1.807) is 18.3 Å². The van der Waals surface area contributed by atoms with Crippen molar-refractivity contribution in [1.82, 2.24) is 29.9 Å². The van der Waals surface area contributed by atoms with Gasteiger partial charge < -0.3 is 9.88 Å². The van der Waals surface area contributed by atoms with Gasteiger partial charge in [-0.25, -0.2) is 4.68 Å². The molecule has 0 spiro atoms. The fourth-order valence-electron chi connectivity index (χ4n) is 3.23. The Morgan fingerprint density at radius 1 is 1.32 bits per heavy atom. The van der Waals surface area contributed by atoms with Crippen LogP contribution in [0, 0.1) is 6.92 Å². The molecule has 0 aliphatic carbocycles. The maximum atomic E-state index is 12.4. The number of nitrogens with zero attached hydrogens (tertiary/aromatic N) is 5. The van der Waals surface area contributed by atoms with E-state index < -0.39 is 0 Å². The van der Waals surface area contributed by atoms with E-state index in [9.17, 15) is 9.59 Å². The van der Waals surface area contributed by atoms with Gasteiger partial charge in [0.05, 0.1) is 11.6 Å². The third-order valence-corrected chi connectivity index (χ3v) is 4.55. The quantitative estimate of drug-likeness (QED) is 0.747. The van der Waals surface area contributed by atoms with Crippen LogP contribution in [0.4, 0.5) is 0 Å². The van der Waals surface area contributed by atoms with Crippen LogP contribution < -0.4 is 10.9 Å². The van der Waals surface area contributed by atoms with Gasteiger partial charge in [0.25, 0.3) is 5.56 Å². The summed E-state index contributed by atoms with van der Waals surface area (Å²) in [6, 6.07) is 7.23. The highest BCUT2D eigenvalue weighted by atomic mass is 16.2. The molecule has 0 saturated carbocycles.